The first-order chi connectivity index (χ1) is 16.9. The fourth-order valence-corrected chi connectivity index (χ4v) is 4.68. The Labute approximate surface area is 202 Å². The predicted molar refractivity (Wildman–Crippen MR) is 127 cm³/mol. The molecular weight excluding hydrogens is 459 g/mol. The fourth-order valence-electron chi connectivity index (χ4n) is 4.68. The molecule has 0 heterocycles. The van der Waals surface area contributed by atoms with Crippen LogP contribution in [0.5, 0.6) is 5.75 Å². The van der Waals surface area contributed by atoms with E-state index in [1.54, 1.807) is 6.07 Å². The molecule has 1 aliphatic rings. The second kappa shape index (κ2) is 10.8. The Kier molecular flexibility index (Phi) is 7.78. The van der Waals surface area contributed by atoms with Crippen molar-refractivity contribution in [1.29, 1.82) is 0 Å². The van der Waals surface area contributed by atoms with E-state index in [1.165, 1.54) is 30.3 Å². The Bertz CT molecular complexity index is 1210. The van der Waals surface area contributed by atoms with Crippen LogP contribution in [-0.4, -0.2) is 0 Å². The van der Waals surface area contributed by atoms with Crippen molar-refractivity contribution in [2.45, 2.75) is 71.3 Å². The molecule has 35 heavy (non-hydrogen) atoms. The van der Waals surface area contributed by atoms with E-state index in [2.05, 4.69) is 6.92 Å². The first-order valence-corrected chi connectivity index (χ1v) is 12.2. The van der Waals surface area contributed by atoms with Crippen molar-refractivity contribution in [3.8, 4) is 16.9 Å². The summed E-state index contributed by atoms with van der Waals surface area (Å²) in [5, 5.41) is 0. The van der Waals surface area contributed by atoms with Gasteiger partial charge in [-0.2, -0.15) is 0 Å². The molecule has 0 N–H and O–H groups in total. The molecule has 2 atom stereocenters. The first kappa shape index (κ1) is 25.2. The maximum atomic E-state index is 15.3. The molecule has 3 aromatic rings. The van der Waals surface area contributed by atoms with Crippen LogP contribution in [0.1, 0.15) is 79.7 Å². The standard InChI is InChI=1S/C29H29F5O/c1-3-5-6-8-17-9-10-19(22(30)15-17)16-35-23-14-13-21-20-12-11-18(7-4-2)26(31)24(20)28(33)29(34)25(21)27(23)32/h9-15,28-29H,3-8,16H2,1-2H3. The van der Waals surface area contributed by atoms with Crippen LogP contribution in [0.3, 0.4) is 0 Å². The van der Waals surface area contributed by atoms with Crippen LogP contribution in [0.15, 0.2) is 42.5 Å². The lowest BCUT2D eigenvalue weighted by molar-refractivity contribution is 0.158. The molecule has 1 nitrogen and oxygen atoms in total. The summed E-state index contributed by atoms with van der Waals surface area (Å²) in [6.45, 7) is 3.70. The van der Waals surface area contributed by atoms with Gasteiger partial charge < -0.3 is 4.74 Å². The highest BCUT2D eigenvalue weighted by molar-refractivity contribution is 5.76. The second-order valence-electron chi connectivity index (χ2n) is 9.06. The highest BCUT2D eigenvalue weighted by Gasteiger charge is 2.39. The van der Waals surface area contributed by atoms with Crippen LogP contribution in [0, 0.1) is 17.5 Å². The van der Waals surface area contributed by atoms with Gasteiger partial charge in [0.2, 0.25) is 0 Å². The fraction of sp³-hybridized carbons (Fsp3) is 0.379. The van der Waals surface area contributed by atoms with E-state index in [0.29, 0.717) is 18.4 Å². The van der Waals surface area contributed by atoms with Gasteiger partial charge in [-0.05, 0) is 53.6 Å². The van der Waals surface area contributed by atoms with Crippen LogP contribution in [0.4, 0.5) is 22.0 Å². The number of hydrogen-bond donors (Lipinski definition) is 0. The lowest BCUT2D eigenvalue weighted by Crippen LogP contribution is -2.16. The summed E-state index contributed by atoms with van der Waals surface area (Å²) < 4.78 is 80.3. The average Bonchev–Trinajstić information content (AvgIpc) is 2.84. The number of fused-ring (bicyclic) bond motifs is 3. The van der Waals surface area contributed by atoms with Crippen molar-refractivity contribution < 1.29 is 26.7 Å². The maximum absolute atomic E-state index is 15.3. The van der Waals surface area contributed by atoms with E-state index in [0.717, 1.165) is 31.2 Å². The Morgan fingerprint density at radius 2 is 1.37 bits per heavy atom. The van der Waals surface area contributed by atoms with Crippen molar-refractivity contribution in [2.75, 3.05) is 0 Å². The Morgan fingerprint density at radius 1 is 0.714 bits per heavy atom. The molecule has 0 aromatic heterocycles. The van der Waals surface area contributed by atoms with Crippen molar-refractivity contribution in [1.82, 2.24) is 0 Å². The number of rotatable bonds is 9. The zero-order valence-electron chi connectivity index (χ0n) is 19.9. The number of ether oxygens (including phenoxy) is 1. The highest BCUT2D eigenvalue weighted by Crippen LogP contribution is 2.51. The van der Waals surface area contributed by atoms with Gasteiger partial charge in [0.25, 0.3) is 0 Å². The molecule has 0 saturated heterocycles. The lowest BCUT2D eigenvalue weighted by Gasteiger charge is -2.28. The maximum Gasteiger partial charge on any atom is 0.171 e. The van der Waals surface area contributed by atoms with Gasteiger partial charge in [-0.15, -0.1) is 0 Å². The van der Waals surface area contributed by atoms with Crippen LogP contribution in [0.25, 0.3) is 11.1 Å². The second-order valence-corrected chi connectivity index (χ2v) is 9.06. The topological polar surface area (TPSA) is 9.23 Å². The smallest absolute Gasteiger partial charge is 0.171 e. The summed E-state index contributed by atoms with van der Waals surface area (Å²) >= 11 is 0. The zero-order valence-corrected chi connectivity index (χ0v) is 19.9. The molecule has 0 amide bonds. The quantitative estimate of drug-likeness (QED) is 0.216. The third kappa shape index (κ3) is 4.93. The van der Waals surface area contributed by atoms with Crippen molar-refractivity contribution >= 4 is 0 Å². The largest absolute Gasteiger partial charge is 0.486 e. The van der Waals surface area contributed by atoms with Crippen LogP contribution in [-0.2, 0) is 19.4 Å². The summed E-state index contributed by atoms with van der Waals surface area (Å²) in [5.41, 5.74) is 0.773. The molecule has 0 bridgehead atoms. The summed E-state index contributed by atoms with van der Waals surface area (Å²) in [7, 11) is 0. The third-order valence-electron chi connectivity index (χ3n) is 6.59. The summed E-state index contributed by atoms with van der Waals surface area (Å²) in [4.78, 5) is 0. The summed E-state index contributed by atoms with van der Waals surface area (Å²) in [6, 6.07) is 10.6. The van der Waals surface area contributed by atoms with Crippen LogP contribution >= 0.6 is 0 Å². The number of hydrogen-bond acceptors (Lipinski definition) is 1. The van der Waals surface area contributed by atoms with Crippen molar-refractivity contribution in [2.24, 2.45) is 0 Å². The van der Waals surface area contributed by atoms with Crippen molar-refractivity contribution in [3.63, 3.8) is 0 Å². The normalized spacial score (nSPS) is 16.7. The number of aryl methyl sites for hydroxylation is 2. The minimum Gasteiger partial charge on any atom is -0.486 e. The Balaban J connectivity index is 1.59. The minimum atomic E-state index is -2.38. The predicted octanol–water partition coefficient (Wildman–Crippen LogP) is 9.07. The first-order valence-electron chi connectivity index (χ1n) is 12.2. The van der Waals surface area contributed by atoms with Gasteiger partial charge in [0.1, 0.15) is 18.2 Å². The SMILES string of the molecule is CCCCCc1ccc(COc2ccc3c(c2F)C(F)C(F)c2c-3ccc(CCC)c2F)c(F)c1. The van der Waals surface area contributed by atoms with Gasteiger partial charge in [0, 0.05) is 16.7 Å². The van der Waals surface area contributed by atoms with E-state index in [9.17, 15) is 8.78 Å². The molecule has 0 saturated carbocycles. The summed E-state index contributed by atoms with van der Waals surface area (Å²) in [6.07, 6.45) is 0.213. The van der Waals surface area contributed by atoms with Crippen LogP contribution < -0.4 is 4.74 Å². The average molecular weight is 489 g/mol. The highest BCUT2D eigenvalue weighted by atomic mass is 19.2. The van der Waals surface area contributed by atoms with Crippen molar-refractivity contribution in [3.05, 3.63) is 87.7 Å². The molecule has 6 heteroatoms. The molecule has 4 rings (SSSR count). The molecule has 0 aliphatic heterocycles. The summed E-state index contributed by atoms with van der Waals surface area (Å²) in [5.74, 6) is -2.61. The van der Waals surface area contributed by atoms with E-state index in [1.807, 2.05) is 13.0 Å². The molecule has 186 valence electrons. The number of halogens is 5. The zero-order chi connectivity index (χ0) is 25.1. The number of benzene rings is 3. The molecular formula is C29H29F5O. The van der Waals surface area contributed by atoms with E-state index >= 15 is 13.2 Å². The van der Waals surface area contributed by atoms with Gasteiger partial charge >= 0.3 is 0 Å². The molecule has 0 fully saturated rings. The van der Waals surface area contributed by atoms with E-state index in [-0.39, 0.29) is 34.6 Å². The minimum absolute atomic E-state index is 0.0933. The molecule has 0 spiro atoms. The van der Waals surface area contributed by atoms with Gasteiger partial charge in [-0.3, -0.25) is 0 Å². The molecule has 2 unspecified atom stereocenters. The van der Waals surface area contributed by atoms with Crippen LogP contribution in [0.2, 0.25) is 0 Å². The number of unbranched alkanes of at least 4 members (excludes halogenated alkanes) is 2. The Hall–Kier alpha value is -2.89. The molecule has 1 aliphatic carbocycles. The number of alkyl halides is 2. The van der Waals surface area contributed by atoms with Gasteiger partial charge in [0.05, 0.1) is 0 Å². The monoisotopic (exact) mass is 488 g/mol. The van der Waals surface area contributed by atoms with Gasteiger partial charge in [0.15, 0.2) is 23.9 Å². The lowest BCUT2D eigenvalue weighted by atomic mass is 9.81. The Morgan fingerprint density at radius 3 is 2.03 bits per heavy atom. The van der Waals surface area contributed by atoms with Gasteiger partial charge in [-0.1, -0.05) is 63.4 Å². The molecule has 3 aromatic carbocycles. The van der Waals surface area contributed by atoms with Gasteiger partial charge in [-0.25, -0.2) is 22.0 Å². The molecule has 0 radical (unpaired) electrons. The van der Waals surface area contributed by atoms with E-state index in [4.69, 9.17) is 4.74 Å². The van der Waals surface area contributed by atoms with E-state index < -0.39 is 35.4 Å². The third-order valence-corrected chi connectivity index (χ3v) is 6.59.